The molecule has 0 saturated carbocycles. The molecule has 0 aliphatic rings. The molecule has 9 N–H and O–H groups in total. The quantitative estimate of drug-likeness (QED) is 0.0773. The van der Waals surface area contributed by atoms with Gasteiger partial charge in [0.25, 0.3) is 0 Å². The molecule has 0 saturated heterocycles. The molecular formula is C111H178O9. The van der Waals surface area contributed by atoms with Gasteiger partial charge >= 0.3 is 0 Å². The minimum Gasteiger partial charge on any atom is -0.400 e. The summed E-state index contributed by atoms with van der Waals surface area (Å²) >= 11 is 0. The summed E-state index contributed by atoms with van der Waals surface area (Å²) in [7, 11) is 9.00. The van der Waals surface area contributed by atoms with E-state index in [0.717, 1.165) is 64.0 Å². The maximum Gasteiger partial charge on any atom is 0.0319 e. The van der Waals surface area contributed by atoms with Gasteiger partial charge in [-0.2, -0.15) is 0 Å². The topological polar surface area (TPSA) is 182 Å². The molecule has 13 rings (SSSR count). The third kappa shape index (κ3) is 84.7. The summed E-state index contributed by atoms with van der Waals surface area (Å²) in [6, 6.07) is 109. The highest BCUT2D eigenvalue weighted by Crippen LogP contribution is 2.23. The number of aliphatic hydroxyl groups excluding tert-OH is 9. The van der Waals surface area contributed by atoms with E-state index in [0.29, 0.717) is 0 Å². The summed E-state index contributed by atoms with van der Waals surface area (Å²) in [5.41, 5.74) is 18.8. The van der Waals surface area contributed by atoms with Gasteiger partial charge in [-0.25, -0.2) is 0 Å². The maximum absolute atomic E-state index is 7.00. The van der Waals surface area contributed by atoms with Crippen molar-refractivity contribution < 1.29 is 46.0 Å². The number of aryl methyl sites for hydroxylation is 12. The van der Waals surface area contributed by atoms with E-state index in [9.17, 15) is 0 Å². The first kappa shape index (κ1) is 142. The average molecular weight is 1660 g/mol. The van der Waals surface area contributed by atoms with E-state index in [2.05, 4.69) is 332 Å². The second-order valence-electron chi connectivity index (χ2n) is 21.4. The first-order valence-electron chi connectivity index (χ1n) is 42.3. The SMILES string of the molecule is CC.CC.CC.CC.CC.CC.CC.CC.CC.CO.CO.CO.CO.CO.CO.CO.CO.CO.Cc1cc2cc(C)c(C)cc2cc1C.Cc1ccc(C)cc1.Cc1ccc2ccccc2c1.Cc1cccc(C)c1.Cc1ccccc1.Cc1ccccc1C.c1ccc(-c2ccccc2)cc1.c1ccc2ccccc2c1.c1ccccc1. The Hall–Kier alpha value is -9.72. The minimum absolute atomic E-state index is 1.00. The molecule has 9 heteroatoms. The van der Waals surface area contributed by atoms with Gasteiger partial charge in [0.1, 0.15) is 0 Å². The highest BCUT2D eigenvalue weighted by Gasteiger charge is 2.01. The largest absolute Gasteiger partial charge is 0.400 e. The van der Waals surface area contributed by atoms with Crippen LogP contribution in [0.1, 0.15) is 191 Å². The first-order chi connectivity index (χ1) is 58.6. The minimum atomic E-state index is 1.00. The van der Waals surface area contributed by atoms with Crippen LogP contribution in [0.5, 0.6) is 0 Å². The summed E-state index contributed by atoms with van der Waals surface area (Å²) < 4.78 is 0. The molecule has 13 aromatic carbocycles. The third-order valence-electron chi connectivity index (χ3n) is 13.9. The zero-order valence-corrected chi connectivity index (χ0v) is 83.0. The van der Waals surface area contributed by atoms with Crippen molar-refractivity contribution in [2.75, 3.05) is 64.0 Å². The Morgan fingerprint density at radius 1 is 0.117 bits per heavy atom. The van der Waals surface area contributed by atoms with Gasteiger partial charge in [0, 0.05) is 64.0 Å². The van der Waals surface area contributed by atoms with Crippen LogP contribution in [0.15, 0.2) is 315 Å². The Kier molecular flexibility index (Phi) is 145. The number of benzene rings is 13. The molecule has 0 atom stereocenters. The van der Waals surface area contributed by atoms with Gasteiger partial charge in [-0.1, -0.05) is 473 Å². The molecule has 0 unspecified atom stereocenters. The second-order valence-corrected chi connectivity index (χ2v) is 21.4. The fraction of sp³-hybridized carbons (Fsp3) is 0.351. The van der Waals surface area contributed by atoms with Gasteiger partial charge in [-0.15, -0.1) is 0 Å². The van der Waals surface area contributed by atoms with E-state index < -0.39 is 0 Å². The lowest BCUT2D eigenvalue weighted by molar-refractivity contribution is 0.399. The highest BCUT2D eigenvalue weighted by atomic mass is 16.2. The van der Waals surface area contributed by atoms with Crippen molar-refractivity contribution in [2.24, 2.45) is 0 Å². The summed E-state index contributed by atoms with van der Waals surface area (Å²) in [5.74, 6) is 0. The van der Waals surface area contributed by atoms with Crippen LogP contribution >= 0.6 is 0 Å². The number of fused-ring (bicyclic) bond motifs is 3. The molecule has 676 valence electrons. The summed E-state index contributed by atoms with van der Waals surface area (Å²) in [4.78, 5) is 0. The molecule has 0 heterocycles. The molecule has 0 fully saturated rings. The summed E-state index contributed by atoms with van der Waals surface area (Å²) in [5, 5.41) is 71.0. The molecule has 0 amide bonds. The summed E-state index contributed by atoms with van der Waals surface area (Å²) in [6.07, 6.45) is 0. The Morgan fingerprint density at radius 3 is 0.492 bits per heavy atom. The van der Waals surface area contributed by atoms with Gasteiger partial charge in [-0.3, -0.25) is 0 Å². The molecular weight excluding hydrogens is 1480 g/mol. The van der Waals surface area contributed by atoms with E-state index in [1.807, 2.05) is 191 Å². The van der Waals surface area contributed by atoms with Crippen molar-refractivity contribution in [3.63, 3.8) is 0 Å². The predicted octanol–water partition coefficient (Wildman–Crippen LogP) is 29.7. The smallest absolute Gasteiger partial charge is 0.0319 e. The van der Waals surface area contributed by atoms with Crippen LogP contribution in [0, 0.1) is 83.1 Å². The zero-order chi connectivity index (χ0) is 96.3. The van der Waals surface area contributed by atoms with Crippen LogP contribution in [0.4, 0.5) is 0 Å². The zero-order valence-electron chi connectivity index (χ0n) is 83.0. The normalized spacial score (nSPS) is 7.67. The fourth-order valence-electron chi connectivity index (χ4n) is 8.53. The average Bonchev–Trinajstić information content (AvgIpc) is 0.804. The maximum atomic E-state index is 7.00. The molecule has 0 aliphatic carbocycles. The fourth-order valence-corrected chi connectivity index (χ4v) is 8.53. The lowest BCUT2D eigenvalue weighted by Crippen LogP contribution is -1.85. The van der Waals surface area contributed by atoms with E-state index in [1.165, 1.54) is 110 Å². The van der Waals surface area contributed by atoms with Crippen LogP contribution in [0.25, 0.3) is 43.4 Å². The Bertz CT molecular complexity index is 3640. The van der Waals surface area contributed by atoms with Crippen molar-refractivity contribution >= 4 is 32.3 Å². The Morgan fingerprint density at radius 2 is 0.283 bits per heavy atom. The summed E-state index contributed by atoms with van der Waals surface area (Å²) in [6.45, 7) is 61.5. The van der Waals surface area contributed by atoms with Crippen molar-refractivity contribution in [1.82, 2.24) is 0 Å². The third-order valence-corrected chi connectivity index (χ3v) is 13.9. The number of rotatable bonds is 1. The molecule has 0 spiro atoms. The number of aliphatic hydroxyl groups is 9. The van der Waals surface area contributed by atoms with Crippen LogP contribution in [0.3, 0.4) is 0 Å². The van der Waals surface area contributed by atoms with Crippen LogP contribution in [-0.4, -0.2) is 110 Å². The predicted molar refractivity (Wildman–Crippen MR) is 548 cm³/mol. The monoisotopic (exact) mass is 1660 g/mol. The molecule has 0 aliphatic heterocycles. The lowest BCUT2D eigenvalue weighted by atomic mass is 9.98. The first-order valence-corrected chi connectivity index (χ1v) is 42.3. The van der Waals surface area contributed by atoms with Gasteiger partial charge in [0.2, 0.25) is 0 Å². The standard InChI is InChI=1S/C14H16.C12H10.C11H10.C10H8.3C8H10.C7H8.C6H6.9C2H6.9CH4O/c1-9-5-13-7-11(3)12(4)8-14(13)6-10(9)2;1-3-7-11(8-4-1)12-9-5-2-6-10-12;1-9-6-7-10-4-2-3-5-11(10)8-9;1-2-6-10-8-4-3-7-9(10)5-1;1-7-3-5-8(2)6-4-7;1-7-4-3-5-8(2)6-7;1-7-5-3-4-6-8(7)2;1-7-5-3-2-4-6-7;1-2-4-6-5-3-1;18*1-2/h5-8H,1-4H3;1-10H;2-8H,1H3;1-8H;3*3-6H,1-2H3;2-6H,1H3;1-6H;9*1-2H3;9*2H,1H3. The highest BCUT2D eigenvalue weighted by molar-refractivity contribution is 5.86. The van der Waals surface area contributed by atoms with Gasteiger partial charge in [0.05, 0.1) is 0 Å². The molecule has 0 radical (unpaired) electrons. The van der Waals surface area contributed by atoms with E-state index in [4.69, 9.17) is 46.0 Å². The Balaban J connectivity index is -0.0000000842. The van der Waals surface area contributed by atoms with Gasteiger partial charge in [0.15, 0.2) is 0 Å². The van der Waals surface area contributed by atoms with Crippen molar-refractivity contribution in [3.8, 4) is 11.1 Å². The van der Waals surface area contributed by atoms with Crippen LogP contribution < -0.4 is 0 Å². The van der Waals surface area contributed by atoms with Crippen LogP contribution in [-0.2, 0) is 0 Å². The van der Waals surface area contributed by atoms with Crippen LogP contribution in [0.2, 0.25) is 0 Å². The van der Waals surface area contributed by atoms with Gasteiger partial charge < -0.3 is 46.0 Å². The Labute approximate surface area is 739 Å². The molecule has 0 bridgehead atoms. The van der Waals surface area contributed by atoms with Crippen molar-refractivity contribution in [1.29, 1.82) is 0 Å². The van der Waals surface area contributed by atoms with Crippen molar-refractivity contribution in [2.45, 2.75) is 208 Å². The van der Waals surface area contributed by atoms with Gasteiger partial charge in [-0.05, 0) is 160 Å². The van der Waals surface area contributed by atoms with E-state index in [1.54, 1.807) is 0 Å². The second kappa shape index (κ2) is 122. The lowest BCUT2D eigenvalue weighted by Gasteiger charge is -2.07. The number of hydrogen-bond donors (Lipinski definition) is 9. The molecule has 9 nitrogen and oxygen atoms in total. The van der Waals surface area contributed by atoms with Crippen molar-refractivity contribution in [3.05, 3.63) is 382 Å². The number of hydrogen-bond acceptors (Lipinski definition) is 9. The molecule has 0 aromatic heterocycles. The molecule has 13 aromatic rings. The van der Waals surface area contributed by atoms with E-state index in [-0.39, 0.29) is 0 Å². The molecule has 120 heavy (non-hydrogen) atoms. The van der Waals surface area contributed by atoms with E-state index >= 15 is 0 Å².